The lowest BCUT2D eigenvalue weighted by molar-refractivity contribution is 0.0324. The summed E-state index contributed by atoms with van der Waals surface area (Å²) in [7, 11) is 0. The van der Waals surface area contributed by atoms with Crippen LogP contribution < -0.4 is 4.74 Å². The maximum absolute atomic E-state index is 15.3. The van der Waals surface area contributed by atoms with E-state index in [1.807, 2.05) is 65.2 Å². The van der Waals surface area contributed by atoms with Crippen LogP contribution in [0.15, 0.2) is 92.8 Å². The van der Waals surface area contributed by atoms with Crippen molar-refractivity contribution in [3.63, 3.8) is 0 Å². The molecule has 6 aromatic heterocycles. The van der Waals surface area contributed by atoms with Gasteiger partial charge < -0.3 is 4.74 Å². The molecule has 2 aliphatic carbocycles. The van der Waals surface area contributed by atoms with E-state index in [1.165, 1.54) is 221 Å². The van der Waals surface area contributed by atoms with Gasteiger partial charge in [-0.05, 0) is 153 Å². The zero-order valence-electron chi connectivity index (χ0n) is 79.5. The molecule has 0 radical (unpaired) electrons. The first-order chi connectivity index (χ1) is 62.9. The molecule has 0 N–H and O–H groups in total. The molecule has 7 heterocycles. The van der Waals surface area contributed by atoms with Crippen molar-refractivity contribution in [2.75, 3.05) is 11.5 Å². The number of carbonyl (C=O) groups is 2. The van der Waals surface area contributed by atoms with Gasteiger partial charge in [0, 0.05) is 116 Å². The molecule has 6 atom stereocenters. The van der Waals surface area contributed by atoms with Gasteiger partial charge in [0.25, 0.3) is 0 Å². The number of ketones is 2. The number of carbonyl (C=O) groups excluding carboxylic acids is 2. The summed E-state index contributed by atoms with van der Waals surface area (Å²) in [6, 6.07) is 21.9. The number of hydrogen-bond acceptors (Lipinski definition) is 15. The molecule has 7 nitrogen and oxygen atoms in total. The Bertz CT molecular complexity index is 5400. The van der Waals surface area contributed by atoms with Gasteiger partial charge in [0.05, 0.1) is 19.5 Å². The van der Waals surface area contributed by atoms with Crippen molar-refractivity contribution in [2.24, 2.45) is 47.3 Å². The summed E-state index contributed by atoms with van der Waals surface area (Å²) in [5.74, 6) is 2.23. The largest absolute Gasteiger partial charge is 0.481 e. The normalized spacial score (nSPS) is 16.3. The predicted octanol–water partition coefficient (Wildman–Crippen LogP) is 38.2. The van der Waals surface area contributed by atoms with Crippen LogP contribution >= 0.6 is 91.5 Å². The Balaban J connectivity index is 1.08. The van der Waals surface area contributed by atoms with E-state index in [-0.39, 0.29) is 55.3 Å². The van der Waals surface area contributed by atoms with Gasteiger partial charge in [-0.3, -0.25) is 9.59 Å². The third-order valence-corrected chi connectivity index (χ3v) is 37.2. The number of allylic oxidation sites excluding steroid dienone is 8. The number of nitrogens with zero attached hydrogens (tertiary/aromatic N) is 4. The highest BCUT2D eigenvalue weighted by Crippen LogP contribution is 2.62. The van der Waals surface area contributed by atoms with Crippen LogP contribution in [0.2, 0.25) is 0 Å². The standard InChI is InChI=1S/C111H140F4N4O3S8/c1-13-17-21-25-27-31-48-77(46-29-23-19-15-3)69-123-95-57-81(50-37-51-83-99(79(65-116)66-117)109-101(103(83)120)84-59-88(112)90(114)62-93(84)127-109)125-108(95)98-64-92-106(130-98)105-87(111(122-92,54-52-75(11)44-35-42-73(9)40-33-38-71(5)6)55-53-76(12)45-36-43-74(10)41-34-39-72(7)8)61-97(129-105)107-96(124-70-78(47-30-24-20-16-4)49-32-28-26-22-18-14-2)58-82(126-107)56-86-100(80(67-118)68-119)110-102(104(86)121)85-60-89(113)91(115)63-94(85)128-110/h37,50-51,56-64,71-78H,13-36,38-49,52-55,69-70H2,1-12H3/b50-37+,83-51-,86-56-. The number of ether oxygens (including phenoxy) is 1. The van der Waals surface area contributed by atoms with Gasteiger partial charge in [-0.25, -0.2) is 17.6 Å². The molecule has 1 aliphatic heterocycles. The zero-order valence-corrected chi connectivity index (χ0v) is 86.1. The fraction of sp³-hybridized carbons (Fsp3) is 0.568. The van der Waals surface area contributed by atoms with Crippen molar-refractivity contribution in [1.82, 2.24) is 0 Å². The number of Topliss-reactive ketones (excluding diaryl/α,β-unsaturated/α-hetero) is 2. The molecule has 130 heavy (non-hydrogen) atoms. The number of rotatable bonds is 57. The van der Waals surface area contributed by atoms with Gasteiger partial charge in [0.2, 0.25) is 0 Å². The number of halogens is 4. The number of nitriles is 4. The van der Waals surface area contributed by atoms with E-state index in [9.17, 15) is 30.2 Å². The lowest BCUT2D eigenvalue weighted by atomic mass is 9.78. The van der Waals surface area contributed by atoms with Crippen LogP contribution in [0.3, 0.4) is 0 Å². The fourth-order valence-electron chi connectivity index (χ4n) is 19.3. The van der Waals surface area contributed by atoms with E-state index in [4.69, 9.17) is 4.74 Å². The Morgan fingerprint density at radius 1 is 0.400 bits per heavy atom. The molecule has 0 amide bonds. The van der Waals surface area contributed by atoms with Crippen molar-refractivity contribution in [3.8, 4) is 59.3 Å². The minimum absolute atomic E-state index is 0.149. The Morgan fingerprint density at radius 3 is 1.22 bits per heavy atom. The second-order valence-electron chi connectivity index (χ2n) is 38.9. The van der Waals surface area contributed by atoms with Crippen molar-refractivity contribution in [1.29, 1.82) is 21.0 Å². The molecule has 3 aliphatic rings. The number of thiophene rings is 6. The van der Waals surface area contributed by atoms with Crippen LogP contribution in [0.25, 0.3) is 72.7 Å². The highest BCUT2D eigenvalue weighted by molar-refractivity contribution is 7.99. The Morgan fingerprint density at radius 2 is 0.777 bits per heavy atom. The number of thioether (sulfide) groups is 2. The quantitative estimate of drug-likeness (QED) is 0.0120. The van der Waals surface area contributed by atoms with Crippen molar-refractivity contribution < 1.29 is 31.9 Å². The lowest BCUT2D eigenvalue weighted by Crippen LogP contribution is -2.36. The second-order valence-corrected chi connectivity index (χ2v) is 47.4. The van der Waals surface area contributed by atoms with E-state index >= 15 is 18.0 Å². The van der Waals surface area contributed by atoms with E-state index in [1.54, 1.807) is 40.1 Å². The third kappa shape index (κ3) is 27.6. The van der Waals surface area contributed by atoms with Gasteiger partial charge in [-0.2, -0.15) is 21.0 Å². The SMILES string of the molecule is CCCCCCCCC(CCCCCC)CSc1cc(/C=C2\C(=O)c3c(sc4cc(F)c(F)cc34)C2=C(C#N)C#N)sc1-c1cc2c(s1)-c1sc(-c3sc(/C=C/C=C4\C(=O)c5c(sc6cc(F)c(F)cc56)C4=C(C#N)C#N)cc3SCC(CCCCCC)CCCCCCCC)cc1OC2(CCC(C)CCCC(C)CCCC(C)C)CCC(C)CCCC(C)CCCC(C)C. The average molecular weight is 1910 g/mol. The minimum atomic E-state index is -1.09. The van der Waals surface area contributed by atoms with Crippen LogP contribution in [-0.4, -0.2) is 23.1 Å². The number of hydrogen-bond donors (Lipinski definition) is 0. The van der Waals surface area contributed by atoms with Crippen molar-refractivity contribution >= 4 is 147 Å². The summed E-state index contributed by atoms with van der Waals surface area (Å²) >= 11 is 13.0. The maximum atomic E-state index is 15.3. The molecule has 0 saturated heterocycles. The summed E-state index contributed by atoms with van der Waals surface area (Å²) in [5, 5.41) is 42.8. The van der Waals surface area contributed by atoms with Crippen molar-refractivity contribution in [3.05, 3.63) is 142 Å². The van der Waals surface area contributed by atoms with Crippen molar-refractivity contribution in [2.45, 2.75) is 355 Å². The van der Waals surface area contributed by atoms with Crippen LogP contribution in [0, 0.1) is 116 Å². The minimum Gasteiger partial charge on any atom is -0.481 e. The first-order valence-corrected chi connectivity index (χ1v) is 56.4. The molecule has 8 aromatic rings. The number of fused-ring (bicyclic) bond motifs is 9. The summed E-state index contributed by atoms with van der Waals surface area (Å²) in [6.07, 6.45) is 54.6. The summed E-state index contributed by atoms with van der Waals surface area (Å²) < 4.78 is 69.1. The van der Waals surface area contributed by atoms with Crippen LogP contribution in [-0.2, 0) is 5.60 Å². The fourth-order valence-corrected chi connectivity index (χ4v) is 29.8. The summed E-state index contributed by atoms with van der Waals surface area (Å²) in [6.45, 7) is 28.2. The highest BCUT2D eigenvalue weighted by Gasteiger charge is 2.45. The molecule has 0 saturated carbocycles. The van der Waals surface area contributed by atoms with Gasteiger partial charge in [-0.1, -0.05) is 301 Å². The van der Waals surface area contributed by atoms with Gasteiger partial charge >= 0.3 is 0 Å². The average Bonchev–Trinajstić information content (AvgIpc) is 1.48. The van der Waals surface area contributed by atoms with Crippen LogP contribution in [0.4, 0.5) is 17.6 Å². The van der Waals surface area contributed by atoms with E-state index in [0.29, 0.717) is 66.5 Å². The summed E-state index contributed by atoms with van der Waals surface area (Å²) in [5.41, 5.74) is 1.07. The third-order valence-electron chi connectivity index (χ3n) is 27.1. The highest BCUT2D eigenvalue weighted by atomic mass is 32.2. The van der Waals surface area contributed by atoms with Crippen LogP contribution in [0.5, 0.6) is 5.75 Å². The molecule has 19 heteroatoms. The summed E-state index contributed by atoms with van der Waals surface area (Å²) in [4.78, 5) is 41.5. The maximum Gasteiger partial charge on any atom is 0.195 e. The first-order valence-electron chi connectivity index (χ1n) is 49.5. The molecule has 2 aromatic carbocycles. The Hall–Kier alpha value is -6.62. The number of benzene rings is 2. The second kappa shape index (κ2) is 51.9. The van der Waals surface area contributed by atoms with Gasteiger partial charge in [0.15, 0.2) is 34.8 Å². The van der Waals surface area contributed by atoms with E-state index < -0.39 is 40.4 Å². The molecular formula is C111H140F4N4O3S8. The molecule has 698 valence electrons. The molecule has 6 unspecified atom stereocenters. The van der Waals surface area contributed by atoms with E-state index in [2.05, 4.69) is 119 Å². The lowest BCUT2D eigenvalue weighted by Gasteiger charge is -2.39. The predicted molar refractivity (Wildman–Crippen MR) is 552 cm³/mol. The zero-order chi connectivity index (χ0) is 93.0. The molecular weight excluding hydrogens is 1770 g/mol. The smallest absolute Gasteiger partial charge is 0.195 e. The topological polar surface area (TPSA) is 139 Å². The Labute approximate surface area is 808 Å². The molecule has 11 rings (SSSR count). The monoisotopic (exact) mass is 1910 g/mol. The number of unbranched alkanes of at least 4 members (excludes halogenated alkanes) is 16. The molecule has 0 spiro atoms. The van der Waals surface area contributed by atoms with Gasteiger partial charge in [0.1, 0.15) is 46.8 Å². The van der Waals surface area contributed by atoms with Crippen LogP contribution in [0.1, 0.15) is 386 Å². The van der Waals surface area contributed by atoms with Gasteiger partial charge in [-0.15, -0.1) is 91.5 Å². The molecule has 0 bridgehead atoms. The van der Waals surface area contributed by atoms with E-state index in [0.717, 1.165) is 155 Å². The first kappa shape index (κ1) is 104. The Kier molecular flexibility index (Phi) is 41.5. The molecule has 0 fully saturated rings.